The molecule has 2 rings (SSSR count). The number of hydrogen-bond acceptors (Lipinski definition) is 3. The molecule has 0 aliphatic carbocycles. The van der Waals surface area contributed by atoms with Crippen molar-refractivity contribution in [2.75, 3.05) is 33.3 Å². The average Bonchev–Trinajstić information content (AvgIpc) is 2.55. The second kappa shape index (κ2) is 9.06. The SMILES string of the molecule is CNC(C)CCc1ccc(OCCN2CCCCC2)cc1. The van der Waals surface area contributed by atoms with Crippen LogP contribution in [0.15, 0.2) is 24.3 Å². The average molecular weight is 290 g/mol. The maximum Gasteiger partial charge on any atom is 0.119 e. The predicted molar refractivity (Wildman–Crippen MR) is 89.1 cm³/mol. The monoisotopic (exact) mass is 290 g/mol. The van der Waals surface area contributed by atoms with Crippen molar-refractivity contribution in [3.05, 3.63) is 29.8 Å². The van der Waals surface area contributed by atoms with E-state index in [-0.39, 0.29) is 0 Å². The van der Waals surface area contributed by atoms with Gasteiger partial charge in [-0.15, -0.1) is 0 Å². The summed E-state index contributed by atoms with van der Waals surface area (Å²) in [4.78, 5) is 2.51. The lowest BCUT2D eigenvalue weighted by Gasteiger charge is -2.26. The van der Waals surface area contributed by atoms with Crippen molar-refractivity contribution in [3.63, 3.8) is 0 Å². The molecule has 0 saturated carbocycles. The maximum absolute atomic E-state index is 5.86. The smallest absolute Gasteiger partial charge is 0.119 e. The van der Waals surface area contributed by atoms with Gasteiger partial charge in [-0.25, -0.2) is 0 Å². The fourth-order valence-corrected chi connectivity index (χ4v) is 2.76. The molecule has 1 aliphatic rings. The molecule has 1 saturated heterocycles. The molecule has 1 atom stereocenters. The molecule has 1 unspecified atom stereocenters. The molecule has 3 nitrogen and oxygen atoms in total. The molecular weight excluding hydrogens is 260 g/mol. The first-order valence-electron chi connectivity index (χ1n) is 8.39. The highest BCUT2D eigenvalue weighted by Crippen LogP contribution is 2.14. The third-order valence-electron chi connectivity index (χ3n) is 4.41. The van der Waals surface area contributed by atoms with E-state index >= 15 is 0 Å². The third-order valence-corrected chi connectivity index (χ3v) is 4.41. The van der Waals surface area contributed by atoms with Gasteiger partial charge in [-0.2, -0.15) is 0 Å². The van der Waals surface area contributed by atoms with E-state index in [4.69, 9.17) is 4.74 Å². The van der Waals surface area contributed by atoms with Crippen LogP contribution >= 0.6 is 0 Å². The van der Waals surface area contributed by atoms with Gasteiger partial charge in [0.25, 0.3) is 0 Å². The minimum atomic E-state index is 0.575. The Morgan fingerprint density at radius 3 is 2.52 bits per heavy atom. The van der Waals surface area contributed by atoms with Gasteiger partial charge >= 0.3 is 0 Å². The Morgan fingerprint density at radius 2 is 1.86 bits per heavy atom. The minimum Gasteiger partial charge on any atom is -0.492 e. The maximum atomic E-state index is 5.86. The van der Waals surface area contributed by atoms with Gasteiger partial charge in [-0.3, -0.25) is 4.90 Å². The Labute approximate surface area is 129 Å². The number of hydrogen-bond donors (Lipinski definition) is 1. The lowest BCUT2D eigenvalue weighted by atomic mass is 10.1. The number of nitrogens with one attached hydrogen (secondary N) is 1. The topological polar surface area (TPSA) is 24.5 Å². The predicted octanol–water partition coefficient (Wildman–Crippen LogP) is 3.09. The lowest BCUT2D eigenvalue weighted by Crippen LogP contribution is -2.33. The van der Waals surface area contributed by atoms with Crippen LogP contribution in [0.1, 0.15) is 38.2 Å². The Morgan fingerprint density at radius 1 is 1.14 bits per heavy atom. The molecule has 0 aromatic heterocycles. The zero-order valence-electron chi connectivity index (χ0n) is 13.6. The van der Waals surface area contributed by atoms with Crippen LogP contribution in [-0.4, -0.2) is 44.2 Å². The van der Waals surface area contributed by atoms with Gasteiger partial charge in [0, 0.05) is 12.6 Å². The van der Waals surface area contributed by atoms with E-state index in [2.05, 4.69) is 41.4 Å². The molecule has 1 aromatic rings. The van der Waals surface area contributed by atoms with Crippen LogP contribution in [0.25, 0.3) is 0 Å². The number of rotatable bonds is 8. The first kappa shape index (κ1) is 16.3. The summed E-state index contributed by atoms with van der Waals surface area (Å²) in [6, 6.07) is 9.17. The van der Waals surface area contributed by atoms with Crippen LogP contribution in [-0.2, 0) is 6.42 Å². The summed E-state index contributed by atoms with van der Waals surface area (Å²) < 4.78 is 5.86. The van der Waals surface area contributed by atoms with E-state index in [1.807, 2.05) is 7.05 Å². The molecule has 0 spiro atoms. The Kier molecular flexibility index (Phi) is 7.04. The van der Waals surface area contributed by atoms with E-state index < -0.39 is 0 Å². The van der Waals surface area contributed by atoms with Gasteiger partial charge in [0.1, 0.15) is 12.4 Å². The van der Waals surface area contributed by atoms with Crippen molar-refractivity contribution in [2.45, 2.75) is 45.1 Å². The molecule has 3 heteroatoms. The normalized spacial score (nSPS) is 17.6. The highest BCUT2D eigenvalue weighted by molar-refractivity contribution is 5.27. The molecule has 0 amide bonds. The molecule has 0 bridgehead atoms. The van der Waals surface area contributed by atoms with Crippen molar-refractivity contribution in [1.82, 2.24) is 10.2 Å². The Hall–Kier alpha value is -1.06. The fourth-order valence-electron chi connectivity index (χ4n) is 2.76. The summed E-state index contributed by atoms with van der Waals surface area (Å²) in [5, 5.41) is 3.28. The van der Waals surface area contributed by atoms with Crippen LogP contribution in [0.3, 0.4) is 0 Å². The quantitative estimate of drug-likeness (QED) is 0.796. The fraction of sp³-hybridized carbons (Fsp3) is 0.667. The van der Waals surface area contributed by atoms with Crippen molar-refractivity contribution in [3.8, 4) is 5.75 Å². The van der Waals surface area contributed by atoms with Gasteiger partial charge in [-0.05, 0) is 70.4 Å². The Balaban J connectivity index is 1.67. The van der Waals surface area contributed by atoms with Crippen LogP contribution in [0.4, 0.5) is 0 Å². The lowest BCUT2D eigenvalue weighted by molar-refractivity contribution is 0.183. The summed E-state index contributed by atoms with van der Waals surface area (Å²) in [6.45, 7) is 6.56. The van der Waals surface area contributed by atoms with Gasteiger partial charge in [-0.1, -0.05) is 18.6 Å². The van der Waals surface area contributed by atoms with Gasteiger partial charge in [0.2, 0.25) is 0 Å². The molecule has 1 N–H and O–H groups in total. The number of ether oxygens (including phenoxy) is 1. The van der Waals surface area contributed by atoms with E-state index in [9.17, 15) is 0 Å². The number of piperidine rings is 1. The van der Waals surface area contributed by atoms with Crippen LogP contribution in [0.5, 0.6) is 5.75 Å². The largest absolute Gasteiger partial charge is 0.492 e. The van der Waals surface area contributed by atoms with E-state index in [0.717, 1.165) is 25.3 Å². The standard InChI is InChI=1S/C18H30N2O/c1-16(19-2)6-7-17-8-10-18(11-9-17)21-15-14-20-12-4-3-5-13-20/h8-11,16,19H,3-7,12-15H2,1-2H3. The van der Waals surface area contributed by atoms with E-state index in [0.29, 0.717) is 6.04 Å². The zero-order valence-corrected chi connectivity index (χ0v) is 13.6. The molecule has 1 aliphatic heterocycles. The number of likely N-dealkylation sites (tertiary alicyclic amines) is 1. The summed E-state index contributed by atoms with van der Waals surface area (Å²) in [5.74, 6) is 0.998. The summed E-state index contributed by atoms with van der Waals surface area (Å²) in [5.41, 5.74) is 1.39. The first-order valence-corrected chi connectivity index (χ1v) is 8.39. The van der Waals surface area contributed by atoms with Gasteiger partial charge in [0.05, 0.1) is 0 Å². The summed E-state index contributed by atoms with van der Waals surface area (Å²) >= 11 is 0. The van der Waals surface area contributed by atoms with Crippen molar-refractivity contribution in [1.29, 1.82) is 0 Å². The van der Waals surface area contributed by atoms with Crippen molar-refractivity contribution in [2.24, 2.45) is 0 Å². The van der Waals surface area contributed by atoms with Gasteiger partial charge in [0.15, 0.2) is 0 Å². The summed E-state index contributed by atoms with van der Waals surface area (Å²) in [7, 11) is 2.02. The highest BCUT2D eigenvalue weighted by Gasteiger charge is 2.09. The van der Waals surface area contributed by atoms with Crippen molar-refractivity contribution >= 4 is 0 Å². The molecular formula is C18H30N2O. The summed E-state index contributed by atoms with van der Waals surface area (Å²) in [6.07, 6.45) is 6.38. The Bertz CT molecular complexity index is 385. The molecule has 1 aromatic carbocycles. The second-order valence-corrected chi connectivity index (χ2v) is 6.12. The highest BCUT2D eigenvalue weighted by atomic mass is 16.5. The molecule has 21 heavy (non-hydrogen) atoms. The van der Waals surface area contributed by atoms with Crippen LogP contribution in [0, 0.1) is 0 Å². The zero-order chi connectivity index (χ0) is 14.9. The van der Waals surface area contributed by atoms with Crippen LogP contribution < -0.4 is 10.1 Å². The molecule has 1 heterocycles. The molecule has 0 radical (unpaired) electrons. The number of nitrogens with zero attached hydrogens (tertiary/aromatic N) is 1. The van der Waals surface area contributed by atoms with E-state index in [1.54, 1.807) is 0 Å². The second-order valence-electron chi connectivity index (χ2n) is 6.12. The minimum absolute atomic E-state index is 0.575. The van der Waals surface area contributed by atoms with E-state index in [1.165, 1.54) is 44.3 Å². The molecule has 118 valence electrons. The number of aryl methyl sites for hydroxylation is 1. The van der Waals surface area contributed by atoms with Crippen molar-refractivity contribution < 1.29 is 4.74 Å². The van der Waals surface area contributed by atoms with Crippen LogP contribution in [0.2, 0.25) is 0 Å². The molecule has 1 fully saturated rings. The third kappa shape index (κ3) is 6.06. The number of benzene rings is 1. The first-order chi connectivity index (χ1) is 10.3. The van der Waals surface area contributed by atoms with Gasteiger partial charge < -0.3 is 10.1 Å².